The number of hydrogen-bond acceptors (Lipinski definition) is 16. The van der Waals surface area contributed by atoms with Crippen molar-refractivity contribution in [1.82, 2.24) is 0 Å². The topological polar surface area (TPSA) is 269 Å². The van der Waals surface area contributed by atoms with Gasteiger partial charge >= 0.3 is 0 Å². The molecule has 200 valence electrons. The lowest BCUT2D eigenvalue weighted by Gasteiger charge is -2.48. The third-order valence-electron chi connectivity index (χ3n) is 6.10. The van der Waals surface area contributed by atoms with Crippen LogP contribution < -0.4 is 0 Å². The summed E-state index contributed by atoms with van der Waals surface area (Å²) >= 11 is 0. The van der Waals surface area contributed by atoms with E-state index in [-0.39, 0.29) is 0 Å². The maximum atomic E-state index is 10.6. The molecule has 0 saturated carbocycles. The summed E-state index contributed by atoms with van der Waals surface area (Å²) in [6.07, 6.45) is -25.7. The van der Waals surface area contributed by atoms with Gasteiger partial charge < -0.3 is 79.9 Å². The second kappa shape index (κ2) is 11.6. The maximum Gasteiger partial charge on any atom is 0.187 e. The van der Waals surface area contributed by atoms with Gasteiger partial charge in [-0.15, -0.1) is 0 Å². The van der Waals surface area contributed by atoms with Crippen molar-refractivity contribution in [3.05, 3.63) is 0 Å². The minimum atomic E-state index is -1.90. The lowest BCUT2D eigenvalue weighted by Crippen LogP contribution is -2.66. The van der Waals surface area contributed by atoms with Crippen molar-refractivity contribution < 1.29 is 79.9 Å². The average molecular weight is 504 g/mol. The summed E-state index contributed by atoms with van der Waals surface area (Å²) in [4.78, 5) is 0. The highest BCUT2D eigenvalue weighted by Gasteiger charge is 2.53. The Morgan fingerprint density at radius 1 is 0.441 bits per heavy atom. The zero-order chi connectivity index (χ0) is 25.3. The number of ether oxygens (including phenoxy) is 5. The first-order valence-corrected chi connectivity index (χ1v) is 10.6. The van der Waals surface area contributed by atoms with Crippen LogP contribution in [0.5, 0.6) is 0 Å². The molecule has 3 heterocycles. The highest BCUT2D eigenvalue weighted by atomic mass is 16.8. The zero-order valence-electron chi connectivity index (χ0n) is 17.7. The second-order valence-electron chi connectivity index (χ2n) is 8.33. The Labute approximate surface area is 192 Å². The first-order valence-electron chi connectivity index (χ1n) is 10.6. The number of rotatable bonds is 7. The van der Waals surface area contributed by atoms with E-state index in [4.69, 9.17) is 23.7 Å². The van der Waals surface area contributed by atoms with Gasteiger partial charge in [0.25, 0.3) is 0 Å². The Balaban J connectivity index is 1.82. The molecule has 16 heteroatoms. The van der Waals surface area contributed by atoms with Crippen LogP contribution in [0.15, 0.2) is 0 Å². The predicted molar refractivity (Wildman–Crippen MR) is 101 cm³/mol. The maximum absolute atomic E-state index is 10.6. The highest BCUT2D eigenvalue weighted by molar-refractivity contribution is 4.95. The molecule has 34 heavy (non-hydrogen) atoms. The molecule has 3 fully saturated rings. The second-order valence-corrected chi connectivity index (χ2v) is 8.33. The van der Waals surface area contributed by atoms with Gasteiger partial charge in [-0.25, -0.2) is 0 Å². The van der Waals surface area contributed by atoms with Crippen molar-refractivity contribution in [1.29, 1.82) is 0 Å². The van der Waals surface area contributed by atoms with Gasteiger partial charge in [-0.05, 0) is 0 Å². The first-order chi connectivity index (χ1) is 16.0. The minimum absolute atomic E-state index is 0.734. The molecule has 0 bridgehead atoms. The minimum Gasteiger partial charge on any atom is -0.394 e. The monoisotopic (exact) mass is 504 g/mol. The Morgan fingerprint density at radius 2 is 0.853 bits per heavy atom. The van der Waals surface area contributed by atoms with E-state index < -0.39 is 112 Å². The Bertz CT molecular complexity index is 639. The van der Waals surface area contributed by atoms with E-state index in [1.165, 1.54) is 0 Å². The summed E-state index contributed by atoms with van der Waals surface area (Å²) in [5.74, 6) is 0. The Kier molecular flexibility index (Phi) is 9.54. The van der Waals surface area contributed by atoms with Gasteiger partial charge in [0.15, 0.2) is 18.9 Å². The Morgan fingerprint density at radius 3 is 1.38 bits per heavy atom. The molecule has 3 saturated heterocycles. The lowest BCUT2D eigenvalue weighted by molar-refractivity contribution is -0.391. The van der Waals surface area contributed by atoms with E-state index in [2.05, 4.69) is 0 Å². The molecule has 3 aliphatic rings. The molecule has 15 unspecified atom stereocenters. The lowest BCUT2D eigenvalue weighted by atomic mass is 9.96. The van der Waals surface area contributed by atoms with E-state index in [0.717, 1.165) is 0 Å². The van der Waals surface area contributed by atoms with E-state index in [1.807, 2.05) is 0 Å². The molecule has 0 amide bonds. The quantitative estimate of drug-likeness (QED) is 0.154. The molecule has 0 aromatic carbocycles. The molecule has 0 aromatic heterocycles. The van der Waals surface area contributed by atoms with Crippen LogP contribution in [0.2, 0.25) is 0 Å². The molecule has 0 aromatic rings. The van der Waals surface area contributed by atoms with Crippen LogP contribution in [0.1, 0.15) is 0 Å². The predicted octanol–water partition coefficient (Wildman–Crippen LogP) is -7.57. The molecule has 16 nitrogen and oxygen atoms in total. The smallest absolute Gasteiger partial charge is 0.187 e. The van der Waals surface area contributed by atoms with Gasteiger partial charge in [-0.2, -0.15) is 0 Å². The summed E-state index contributed by atoms with van der Waals surface area (Å²) in [5, 5.41) is 109. The average Bonchev–Trinajstić information content (AvgIpc) is 2.83. The number of aliphatic hydroxyl groups is 11. The Hall–Kier alpha value is -0.640. The normalized spacial score (nSPS) is 52.5. The standard InChI is InChI=1S/C18H32O16/c19-1-4-8(23)11(26)14(16(29)30-4)33-18-15(12(27)9(24)6(3-21)32-18)34-17-13(28)10(25)7(22)5(2-20)31-17/h4-29H,1-3H2. The van der Waals surface area contributed by atoms with Crippen LogP contribution in [0, 0.1) is 0 Å². The summed E-state index contributed by atoms with van der Waals surface area (Å²) in [5.41, 5.74) is 0. The van der Waals surface area contributed by atoms with Gasteiger partial charge in [-0.1, -0.05) is 0 Å². The van der Waals surface area contributed by atoms with E-state index >= 15 is 0 Å². The van der Waals surface area contributed by atoms with Gasteiger partial charge in [0.1, 0.15) is 73.2 Å². The van der Waals surface area contributed by atoms with E-state index in [9.17, 15) is 56.2 Å². The molecule has 0 spiro atoms. The first kappa shape index (κ1) is 27.9. The third-order valence-corrected chi connectivity index (χ3v) is 6.10. The SMILES string of the molecule is OCC1OC(OC2C(OC3C(O)OC(CO)C(O)C3O)OC(CO)C(O)C2O)C(O)C(O)C1O. The van der Waals surface area contributed by atoms with Crippen molar-refractivity contribution in [3.8, 4) is 0 Å². The molecular formula is C18H32O16. The van der Waals surface area contributed by atoms with Crippen LogP contribution in [-0.4, -0.2) is 168 Å². The van der Waals surface area contributed by atoms with Crippen LogP contribution in [0.25, 0.3) is 0 Å². The van der Waals surface area contributed by atoms with Crippen LogP contribution in [0.3, 0.4) is 0 Å². The molecular weight excluding hydrogens is 472 g/mol. The fourth-order valence-electron chi connectivity index (χ4n) is 4.02. The molecule has 11 N–H and O–H groups in total. The van der Waals surface area contributed by atoms with Crippen LogP contribution >= 0.6 is 0 Å². The van der Waals surface area contributed by atoms with Crippen LogP contribution in [-0.2, 0) is 23.7 Å². The van der Waals surface area contributed by atoms with Gasteiger partial charge in [0.05, 0.1) is 19.8 Å². The fraction of sp³-hybridized carbons (Fsp3) is 1.00. The molecule has 3 rings (SSSR count). The van der Waals surface area contributed by atoms with Crippen molar-refractivity contribution in [3.63, 3.8) is 0 Å². The largest absolute Gasteiger partial charge is 0.394 e. The van der Waals surface area contributed by atoms with Gasteiger partial charge in [-0.3, -0.25) is 0 Å². The summed E-state index contributed by atoms with van der Waals surface area (Å²) < 4.78 is 26.5. The number of aliphatic hydroxyl groups excluding tert-OH is 11. The van der Waals surface area contributed by atoms with Crippen molar-refractivity contribution in [2.75, 3.05) is 19.8 Å². The van der Waals surface area contributed by atoms with Crippen molar-refractivity contribution in [2.45, 2.75) is 92.1 Å². The van der Waals surface area contributed by atoms with Crippen LogP contribution in [0.4, 0.5) is 0 Å². The fourth-order valence-corrected chi connectivity index (χ4v) is 4.02. The third kappa shape index (κ3) is 5.37. The summed E-state index contributed by atoms with van der Waals surface area (Å²) in [7, 11) is 0. The van der Waals surface area contributed by atoms with Gasteiger partial charge in [0, 0.05) is 0 Å². The van der Waals surface area contributed by atoms with Gasteiger partial charge in [0.2, 0.25) is 0 Å². The molecule has 0 radical (unpaired) electrons. The van der Waals surface area contributed by atoms with E-state index in [1.54, 1.807) is 0 Å². The van der Waals surface area contributed by atoms with Crippen molar-refractivity contribution >= 4 is 0 Å². The molecule has 0 aliphatic carbocycles. The van der Waals surface area contributed by atoms with Crippen molar-refractivity contribution in [2.24, 2.45) is 0 Å². The summed E-state index contributed by atoms with van der Waals surface area (Å²) in [6, 6.07) is 0. The highest BCUT2D eigenvalue weighted by Crippen LogP contribution is 2.32. The summed E-state index contributed by atoms with van der Waals surface area (Å²) in [6.45, 7) is -2.31. The molecule has 15 atom stereocenters. The zero-order valence-corrected chi connectivity index (χ0v) is 17.7. The van der Waals surface area contributed by atoms with E-state index in [0.29, 0.717) is 0 Å². The number of hydrogen-bond donors (Lipinski definition) is 11. The molecule has 3 aliphatic heterocycles.